The van der Waals surface area contributed by atoms with E-state index in [9.17, 15) is 0 Å². The first-order chi connectivity index (χ1) is 6.57. The van der Waals surface area contributed by atoms with Crippen LogP contribution in [0, 0.1) is 11.3 Å². The molecule has 78 valence electrons. The van der Waals surface area contributed by atoms with Crippen LogP contribution in [0.1, 0.15) is 33.6 Å². The molecule has 0 bridgehead atoms. The van der Waals surface area contributed by atoms with E-state index in [1.165, 1.54) is 12.8 Å². The molecule has 1 saturated carbocycles. The lowest BCUT2D eigenvalue weighted by Gasteiger charge is -2.17. The van der Waals surface area contributed by atoms with Gasteiger partial charge in [-0.3, -0.25) is 0 Å². The van der Waals surface area contributed by atoms with Crippen LogP contribution in [-0.4, -0.2) is 11.0 Å². The van der Waals surface area contributed by atoms with Crippen LogP contribution in [0.4, 0.5) is 5.13 Å². The van der Waals surface area contributed by atoms with E-state index in [1.807, 2.05) is 11.6 Å². The van der Waals surface area contributed by atoms with Crippen molar-refractivity contribution < 1.29 is 0 Å². The number of thiazole rings is 1. The fourth-order valence-corrected chi connectivity index (χ4v) is 3.13. The Kier molecular flexibility index (Phi) is 2.52. The molecule has 2 rings (SSSR count). The van der Waals surface area contributed by atoms with Crippen molar-refractivity contribution >= 4 is 16.5 Å². The third-order valence-corrected chi connectivity index (χ3v) is 3.78. The third kappa shape index (κ3) is 2.08. The molecule has 0 amide bonds. The first kappa shape index (κ1) is 9.97. The van der Waals surface area contributed by atoms with Crippen LogP contribution in [0.2, 0.25) is 0 Å². The Labute approximate surface area is 89.8 Å². The van der Waals surface area contributed by atoms with Crippen molar-refractivity contribution in [3.8, 4) is 0 Å². The van der Waals surface area contributed by atoms with E-state index in [2.05, 4.69) is 31.1 Å². The van der Waals surface area contributed by atoms with Crippen LogP contribution >= 0.6 is 11.3 Å². The summed E-state index contributed by atoms with van der Waals surface area (Å²) < 4.78 is 0. The minimum Gasteiger partial charge on any atom is -0.359 e. The van der Waals surface area contributed by atoms with Gasteiger partial charge < -0.3 is 5.32 Å². The molecule has 1 fully saturated rings. The lowest BCUT2D eigenvalue weighted by Crippen LogP contribution is -2.22. The van der Waals surface area contributed by atoms with Gasteiger partial charge in [0, 0.05) is 17.6 Å². The fraction of sp³-hybridized carbons (Fsp3) is 0.727. The van der Waals surface area contributed by atoms with Crippen LogP contribution in [0.15, 0.2) is 11.6 Å². The standard InChI is InChI=1S/C11H18N2S/c1-8-6-11(2,3)7-9(8)13-10-12-4-5-14-10/h4-5,8-9H,6-7H2,1-3H3,(H,12,13). The maximum absolute atomic E-state index is 4.27. The molecule has 0 saturated heterocycles. The Morgan fingerprint density at radius 3 is 2.79 bits per heavy atom. The highest BCUT2D eigenvalue weighted by Gasteiger charge is 2.36. The monoisotopic (exact) mass is 210 g/mol. The quantitative estimate of drug-likeness (QED) is 0.809. The summed E-state index contributed by atoms with van der Waals surface area (Å²) in [5.41, 5.74) is 0.494. The van der Waals surface area contributed by atoms with Gasteiger partial charge in [-0.1, -0.05) is 20.8 Å². The van der Waals surface area contributed by atoms with Crippen LogP contribution in [0.25, 0.3) is 0 Å². The molecule has 1 aromatic rings. The molecule has 1 aliphatic rings. The Balaban J connectivity index is 2.00. The second-order valence-electron chi connectivity index (χ2n) is 5.14. The number of nitrogens with one attached hydrogen (secondary N) is 1. The van der Waals surface area contributed by atoms with Gasteiger partial charge >= 0.3 is 0 Å². The molecule has 3 heteroatoms. The molecule has 0 radical (unpaired) electrons. The maximum atomic E-state index is 4.27. The van der Waals surface area contributed by atoms with Gasteiger partial charge in [0.25, 0.3) is 0 Å². The van der Waals surface area contributed by atoms with Crippen molar-refractivity contribution in [3.63, 3.8) is 0 Å². The molecule has 1 N–H and O–H groups in total. The van der Waals surface area contributed by atoms with E-state index in [-0.39, 0.29) is 0 Å². The van der Waals surface area contributed by atoms with Crippen LogP contribution < -0.4 is 5.32 Å². The summed E-state index contributed by atoms with van der Waals surface area (Å²) in [7, 11) is 0. The van der Waals surface area contributed by atoms with E-state index in [0.717, 1.165) is 11.0 Å². The second kappa shape index (κ2) is 3.54. The zero-order valence-corrected chi connectivity index (χ0v) is 9.90. The molecule has 2 atom stereocenters. The molecule has 1 aliphatic carbocycles. The summed E-state index contributed by atoms with van der Waals surface area (Å²) in [5, 5.41) is 6.62. The van der Waals surface area contributed by atoms with Crippen molar-refractivity contribution in [1.82, 2.24) is 4.98 Å². The first-order valence-corrected chi connectivity index (χ1v) is 6.11. The number of anilines is 1. The van der Waals surface area contributed by atoms with Gasteiger partial charge in [0.2, 0.25) is 0 Å². The summed E-state index contributed by atoms with van der Waals surface area (Å²) in [6.07, 6.45) is 4.43. The van der Waals surface area contributed by atoms with Gasteiger partial charge in [0.05, 0.1) is 0 Å². The smallest absolute Gasteiger partial charge is 0.182 e. The molecule has 2 nitrogen and oxygen atoms in total. The van der Waals surface area contributed by atoms with Gasteiger partial charge in [0.15, 0.2) is 5.13 Å². The van der Waals surface area contributed by atoms with Crippen LogP contribution in [-0.2, 0) is 0 Å². The molecular weight excluding hydrogens is 192 g/mol. The Morgan fingerprint density at radius 1 is 1.50 bits per heavy atom. The third-order valence-electron chi connectivity index (χ3n) is 3.08. The number of nitrogens with zero attached hydrogens (tertiary/aromatic N) is 1. The predicted octanol–water partition coefficient (Wildman–Crippen LogP) is 3.38. The highest BCUT2D eigenvalue weighted by atomic mass is 32.1. The average Bonchev–Trinajstić information content (AvgIpc) is 2.61. The summed E-state index contributed by atoms with van der Waals surface area (Å²) in [6.45, 7) is 7.04. The summed E-state index contributed by atoms with van der Waals surface area (Å²) >= 11 is 1.69. The zero-order chi connectivity index (χ0) is 10.2. The van der Waals surface area contributed by atoms with E-state index in [4.69, 9.17) is 0 Å². The van der Waals surface area contributed by atoms with E-state index in [1.54, 1.807) is 11.3 Å². The first-order valence-electron chi connectivity index (χ1n) is 5.23. The number of rotatable bonds is 2. The fourth-order valence-electron chi connectivity index (χ4n) is 2.54. The van der Waals surface area contributed by atoms with Crippen molar-refractivity contribution in [1.29, 1.82) is 0 Å². The highest BCUT2D eigenvalue weighted by Crippen LogP contribution is 2.42. The second-order valence-corrected chi connectivity index (χ2v) is 6.03. The zero-order valence-electron chi connectivity index (χ0n) is 9.08. The van der Waals surface area contributed by atoms with Crippen molar-refractivity contribution in [2.75, 3.05) is 5.32 Å². The number of aromatic nitrogens is 1. The number of hydrogen-bond donors (Lipinski definition) is 1. The van der Waals surface area contributed by atoms with E-state index in [0.29, 0.717) is 11.5 Å². The van der Waals surface area contributed by atoms with Crippen LogP contribution in [0.3, 0.4) is 0 Å². The van der Waals surface area contributed by atoms with Gasteiger partial charge in [-0.15, -0.1) is 11.3 Å². The summed E-state index contributed by atoms with van der Waals surface area (Å²) in [6, 6.07) is 0.608. The molecule has 14 heavy (non-hydrogen) atoms. The lowest BCUT2D eigenvalue weighted by atomic mass is 9.91. The molecule has 0 aliphatic heterocycles. The Hall–Kier alpha value is -0.570. The Bertz CT molecular complexity index is 292. The van der Waals surface area contributed by atoms with Crippen molar-refractivity contribution in [3.05, 3.63) is 11.6 Å². The molecule has 0 aromatic carbocycles. The normalized spacial score (nSPS) is 30.5. The molecular formula is C11H18N2S. The summed E-state index contributed by atoms with van der Waals surface area (Å²) in [5.74, 6) is 0.758. The molecule has 1 aromatic heterocycles. The van der Waals surface area contributed by atoms with Gasteiger partial charge in [-0.05, 0) is 24.2 Å². The minimum atomic E-state index is 0.494. The average molecular weight is 210 g/mol. The SMILES string of the molecule is CC1CC(C)(C)CC1Nc1nccs1. The van der Waals surface area contributed by atoms with Crippen LogP contribution in [0.5, 0.6) is 0 Å². The number of hydrogen-bond acceptors (Lipinski definition) is 3. The molecule has 1 heterocycles. The molecule has 0 spiro atoms. The molecule has 2 unspecified atom stereocenters. The summed E-state index contributed by atoms with van der Waals surface area (Å²) in [4.78, 5) is 4.27. The minimum absolute atomic E-state index is 0.494. The largest absolute Gasteiger partial charge is 0.359 e. The highest BCUT2D eigenvalue weighted by molar-refractivity contribution is 7.13. The Morgan fingerprint density at radius 2 is 2.29 bits per heavy atom. The van der Waals surface area contributed by atoms with Gasteiger partial charge in [-0.2, -0.15) is 0 Å². The van der Waals surface area contributed by atoms with Gasteiger partial charge in [0.1, 0.15) is 0 Å². The van der Waals surface area contributed by atoms with Crippen molar-refractivity contribution in [2.24, 2.45) is 11.3 Å². The predicted molar refractivity (Wildman–Crippen MR) is 61.7 cm³/mol. The van der Waals surface area contributed by atoms with Gasteiger partial charge in [-0.25, -0.2) is 4.98 Å². The van der Waals surface area contributed by atoms with E-state index < -0.39 is 0 Å². The topological polar surface area (TPSA) is 24.9 Å². The van der Waals surface area contributed by atoms with E-state index >= 15 is 0 Å². The maximum Gasteiger partial charge on any atom is 0.182 e. The van der Waals surface area contributed by atoms with Crippen molar-refractivity contribution in [2.45, 2.75) is 39.7 Å². The lowest BCUT2D eigenvalue weighted by molar-refractivity contribution is 0.366.